The number of hydrogen-bond donors (Lipinski definition) is 1. The van der Waals surface area contributed by atoms with E-state index in [1.54, 1.807) is 24.3 Å². The van der Waals surface area contributed by atoms with Gasteiger partial charge in [0.25, 0.3) is 0 Å². The van der Waals surface area contributed by atoms with Crippen LogP contribution in [0.15, 0.2) is 24.3 Å². The van der Waals surface area contributed by atoms with Crippen molar-refractivity contribution in [2.45, 2.75) is 6.92 Å². The Hall–Kier alpha value is -1.33. The highest BCUT2D eigenvalue weighted by atomic mass is 32.2. The van der Waals surface area contributed by atoms with Crippen LogP contribution >= 0.6 is 11.8 Å². The van der Waals surface area contributed by atoms with Crippen LogP contribution < -0.4 is 9.64 Å². The molecule has 0 aromatic heterocycles. The Morgan fingerprint density at radius 1 is 1.28 bits per heavy atom. The molecule has 0 fully saturated rings. The zero-order valence-corrected chi connectivity index (χ0v) is 11.7. The van der Waals surface area contributed by atoms with Crippen molar-refractivity contribution < 1.29 is 19.2 Å². The Balaban J connectivity index is 2.69. The van der Waals surface area contributed by atoms with E-state index in [2.05, 4.69) is 0 Å². The average Bonchev–Trinajstić information content (AvgIpc) is 2.28. The van der Waals surface area contributed by atoms with Gasteiger partial charge in [-0.05, 0) is 12.1 Å². The molecule has 18 heavy (non-hydrogen) atoms. The van der Waals surface area contributed by atoms with E-state index in [1.165, 1.54) is 23.6 Å². The smallest absolute Gasteiger partial charge is 0.308 e. The van der Waals surface area contributed by atoms with E-state index >= 15 is 0 Å². The Morgan fingerprint density at radius 3 is 2.56 bits per heavy atom. The largest absolute Gasteiger partial charge is 0.426 e. The third kappa shape index (κ3) is 4.89. The zero-order valence-electron chi connectivity index (χ0n) is 10.9. The third-order valence-corrected chi connectivity index (χ3v) is 3.09. The van der Waals surface area contributed by atoms with Crippen molar-refractivity contribution in [2.24, 2.45) is 0 Å². The fourth-order valence-electron chi connectivity index (χ4n) is 1.30. The number of esters is 1. The maximum atomic E-state index is 12.0. The van der Waals surface area contributed by atoms with Crippen LogP contribution in [0, 0.1) is 0 Å². The second-order valence-corrected chi connectivity index (χ2v) is 5.25. The number of para-hydroxylation sites is 1. The third-order valence-electron chi connectivity index (χ3n) is 2.20. The van der Waals surface area contributed by atoms with Crippen LogP contribution in [0.4, 0.5) is 0 Å². The maximum Gasteiger partial charge on any atom is 0.308 e. The van der Waals surface area contributed by atoms with Gasteiger partial charge in [0.05, 0.1) is 32.0 Å². The van der Waals surface area contributed by atoms with Crippen LogP contribution in [0.1, 0.15) is 17.3 Å². The maximum absolute atomic E-state index is 12.0. The van der Waals surface area contributed by atoms with Gasteiger partial charge in [0.2, 0.25) is 5.12 Å². The van der Waals surface area contributed by atoms with E-state index in [1.807, 2.05) is 14.1 Å². The molecule has 1 rings (SSSR count). The summed E-state index contributed by atoms with van der Waals surface area (Å²) in [5.41, 5.74) is 0.450. The molecule has 0 bridgehead atoms. The van der Waals surface area contributed by atoms with Crippen LogP contribution in [0.25, 0.3) is 0 Å². The Labute approximate surface area is 111 Å². The van der Waals surface area contributed by atoms with Crippen molar-refractivity contribution in [2.75, 3.05) is 26.4 Å². The lowest BCUT2D eigenvalue weighted by Crippen LogP contribution is -3.06. The van der Waals surface area contributed by atoms with Gasteiger partial charge in [0.1, 0.15) is 5.75 Å². The molecule has 0 radical (unpaired) electrons. The van der Waals surface area contributed by atoms with E-state index in [0.717, 1.165) is 12.3 Å². The van der Waals surface area contributed by atoms with Crippen LogP contribution in [0.2, 0.25) is 0 Å². The van der Waals surface area contributed by atoms with E-state index < -0.39 is 5.97 Å². The summed E-state index contributed by atoms with van der Waals surface area (Å²) in [5, 5.41) is -0.0619. The lowest BCUT2D eigenvalue weighted by Gasteiger charge is -2.08. The van der Waals surface area contributed by atoms with Crippen LogP contribution in [0.3, 0.4) is 0 Å². The molecule has 0 saturated heterocycles. The summed E-state index contributed by atoms with van der Waals surface area (Å²) in [6, 6.07) is 6.81. The van der Waals surface area contributed by atoms with Gasteiger partial charge in [0.15, 0.2) is 0 Å². The average molecular weight is 268 g/mol. The van der Waals surface area contributed by atoms with E-state index in [0.29, 0.717) is 11.3 Å². The molecule has 5 heteroatoms. The Bertz CT molecular complexity index is 432. The van der Waals surface area contributed by atoms with E-state index in [4.69, 9.17) is 4.74 Å². The first-order chi connectivity index (χ1) is 8.50. The summed E-state index contributed by atoms with van der Waals surface area (Å²) in [5.74, 6) is 0.660. The first-order valence-electron chi connectivity index (χ1n) is 5.74. The standard InChI is InChI=1S/C13H17NO3S/c1-10(15)17-12-7-5-4-6-11(12)13(16)18-9-8-14(2)3/h4-7H,8-9H2,1-3H3/p+1. The summed E-state index contributed by atoms with van der Waals surface area (Å²) in [7, 11) is 4.08. The number of quaternary nitrogens is 1. The number of benzene rings is 1. The van der Waals surface area contributed by atoms with E-state index in [9.17, 15) is 9.59 Å². The van der Waals surface area contributed by atoms with Gasteiger partial charge in [-0.15, -0.1) is 0 Å². The monoisotopic (exact) mass is 268 g/mol. The van der Waals surface area contributed by atoms with Crippen molar-refractivity contribution in [3.8, 4) is 5.75 Å². The number of nitrogens with one attached hydrogen (secondary N) is 1. The minimum Gasteiger partial charge on any atom is -0.426 e. The molecule has 4 nitrogen and oxygen atoms in total. The minimum atomic E-state index is -0.419. The lowest BCUT2D eigenvalue weighted by atomic mass is 10.2. The molecule has 0 spiro atoms. The number of rotatable bonds is 5. The fourth-order valence-corrected chi connectivity index (χ4v) is 2.32. The topological polar surface area (TPSA) is 47.8 Å². The van der Waals surface area contributed by atoms with Crippen molar-refractivity contribution in [3.05, 3.63) is 29.8 Å². The van der Waals surface area contributed by atoms with Crippen LogP contribution in [-0.2, 0) is 4.79 Å². The number of ether oxygens (including phenoxy) is 1. The quantitative estimate of drug-likeness (QED) is 0.628. The molecule has 1 aromatic rings. The molecule has 0 unspecified atom stereocenters. The van der Waals surface area contributed by atoms with Crippen LogP contribution in [-0.4, -0.2) is 37.5 Å². The molecule has 1 N–H and O–H groups in total. The minimum absolute atomic E-state index is 0.0619. The van der Waals surface area contributed by atoms with Gasteiger partial charge in [-0.1, -0.05) is 23.9 Å². The number of carbonyl (C=O) groups excluding carboxylic acids is 2. The molecule has 0 atom stereocenters. The van der Waals surface area contributed by atoms with Crippen molar-refractivity contribution in [1.29, 1.82) is 0 Å². The molecule has 0 aliphatic heterocycles. The first kappa shape index (κ1) is 14.7. The molecule has 0 aliphatic carbocycles. The molecular formula is C13H18NO3S+. The fraction of sp³-hybridized carbons (Fsp3) is 0.385. The highest BCUT2D eigenvalue weighted by molar-refractivity contribution is 8.14. The van der Waals surface area contributed by atoms with Gasteiger partial charge in [-0.3, -0.25) is 9.59 Å². The summed E-state index contributed by atoms with van der Waals surface area (Å²) >= 11 is 1.25. The van der Waals surface area contributed by atoms with Gasteiger partial charge in [-0.25, -0.2) is 0 Å². The molecule has 98 valence electrons. The van der Waals surface area contributed by atoms with Crippen LogP contribution in [0.5, 0.6) is 5.75 Å². The van der Waals surface area contributed by atoms with Gasteiger partial charge < -0.3 is 9.64 Å². The Morgan fingerprint density at radius 2 is 1.94 bits per heavy atom. The van der Waals surface area contributed by atoms with Crippen molar-refractivity contribution in [1.82, 2.24) is 0 Å². The summed E-state index contributed by atoms with van der Waals surface area (Å²) in [6.45, 7) is 2.23. The normalized spacial score (nSPS) is 10.4. The SMILES string of the molecule is CC(=O)Oc1ccccc1C(=O)SCC[NH+](C)C. The predicted octanol–water partition coefficient (Wildman–Crippen LogP) is 0.630. The Kier molecular flexibility index (Phi) is 5.88. The highest BCUT2D eigenvalue weighted by Crippen LogP contribution is 2.23. The second kappa shape index (κ2) is 7.18. The molecular weight excluding hydrogens is 250 g/mol. The molecule has 0 amide bonds. The summed E-state index contributed by atoms with van der Waals surface area (Å²) in [4.78, 5) is 24.2. The number of carbonyl (C=O) groups is 2. The van der Waals surface area contributed by atoms with E-state index in [-0.39, 0.29) is 5.12 Å². The summed E-state index contributed by atoms with van der Waals surface area (Å²) < 4.78 is 5.02. The molecule has 0 aliphatic rings. The first-order valence-corrected chi connectivity index (χ1v) is 6.73. The van der Waals surface area contributed by atoms with Crippen molar-refractivity contribution >= 4 is 22.8 Å². The second-order valence-electron chi connectivity index (χ2n) is 4.18. The number of hydrogen-bond acceptors (Lipinski definition) is 4. The van der Waals surface area contributed by atoms with Gasteiger partial charge >= 0.3 is 5.97 Å². The molecule has 1 aromatic carbocycles. The van der Waals surface area contributed by atoms with Gasteiger partial charge in [-0.2, -0.15) is 0 Å². The number of thioether (sulfide) groups is 1. The summed E-state index contributed by atoms with van der Waals surface area (Å²) in [6.07, 6.45) is 0. The highest BCUT2D eigenvalue weighted by Gasteiger charge is 2.14. The molecule has 0 saturated carbocycles. The predicted molar refractivity (Wildman–Crippen MR) is 72.2 cm³/mol. The molecule has 0 heterocycles. The lowest BCUT2D eigenvalue weighted by molar-refractivity contribution is -0.855. The van der Waals surface area contributed by atoms with Gasteiger partial charge in [0, 0.05) is 6.92 Å². The van der Waals surface area contributed by atoms with Crippen molar-refractivity contribution in [3.63, 3.8) is 0 Å². The zero-order chi connectivity index (χ0) is 13.5.